The molecule has 1 spiro atoms. The Balaban J connectivity index is 0.812. The molecule has 276 valence electrons. The molecule has 1 saturated carbocycles. The Kier molecular flexibility index (Phi) is 9.87. The molecule has 2 aromatic carbocycles. The Morgan fingerprint density at radius 2 is 1.81 bits per heavy atom. The molecule has 4 aromatic heterocycles. The number of pyridine rings is 1. The SMILES string of the molecule is O=C(OC1CC2(CCN(CCCn3c(=O)sc4cc(CNC[C@H](O)c5ccc(O)c6[nH]c(=O)ccc56)ccc43)C2)C1)C(O)(c1cccs1)c1cccs1. The number of rotatable bonds is 13. The molecule has 11 nitrogen and oxygen atoms in total. The van der Waals surface area contributed by atoms with Crippen molar-refractivity contribution in [3.8, 4) is 5.75 Å². The Morgan fingerprint density at radius 1 is 1.04 bits per heavy atom. The van der Waals surface area contributed by atoms with Gasteiger partial charge < -0.3 is 35.3 Å². The summed E-state index contributed by atoms with van der Waals surface area (Å²) in [6, 6.07) is 19.3. The van der Waals surface area contributed by atoms with Crippen molar-refractivity contribution in [1.82, 2.24) is 19.8 Å². The average molecular weight is 773 g/mol. The number of phenols is 1. The molecule has 6 aromatic rings. The lowest BCUT2D eigenvalue weighted by molar-refractivity contribution is -0.178. The van der Waals surface area contributed by atoms with Gasteiger partial charge in [0, 0.05) is 37.6 Å². The lowest BCUT2D eigenvalue weighted by atomic mass is 9.66. The van der Waals surface area contributed by atoms with Crippen LogP contribution >= 0.6 is 34.0 Å². The molecule has 1 atom stereocenters. The molecule has 2 fully saturated rings. The molecule has 0 amide bonds. The van der Waals surface area contributed by atoms with E-state index in [2.05, 4.69) is 15.2 Å². The second-order valence-electron chi connectivity index (χ2n) is 14.2. The van der Waals surface area contributed by atoms with Gasteiger partial charge in [-0.25, -0.2) is 4.79 Å². The fourth-order valence-corrected chi connectivity index (χ4v) is 10.7. The number of aromatic amines is 1. The monoisotopic (exact) mass is 772 g/mol. The molecule has 0 radical (unpaired) electrons. The first-order chi connectivity index (χ1) is 25.6. The third-order valence-electron chi connectivity index (χ3n) is 10.7. The van der Waals surface area contributed by atoms with E-state index in [1.165, 1.54) is 46.1 Å². The van der Waals surface area contributed by atoms with Gasteiger partial charge in [-0.2, -0.15) is 0 Å². The summed E-state index contributed by atoms with van der Waals surface area (Å²) < 4.78 is 8.70. The Morgan fingerprint density at radius 3 is 2.55 bits per heavy atom. The molecular formula is C39H40N4O7S3. The second-order valence-corrected chi connectivity index (χ2v) is 17.1. The van der Waals surface area contributed by atoms with Crippen molar-refractivity contribution in [2.75, 3.05) is 26.2 Å². The minimum Gasteiger partial charge on any atom is -0.506 e. The van der Waals surface area contributed by atoms with Gasteiger partial charge in [-0.05, 0) is 102 Å². The van der Waals surface area contributed by atoms with Gasteiger partial charge >= 0.3 is 10.8 Å². The standard InChI is InChI=1S/C39H40N4O7S3/c44-29-10-7-26(27-8-11-34(46)41-35(27)29)30(45)22-40-21-24-6-9-28-31(18-24)53-37(48)43(28)14-3-13-42-15-12-38(23-42)19-25(20-38)50-36(47)39(49,32-4-1-16-51-32)33-5-2-17-52-33/h1-2,4-11,16-18,25,30,40,44-45,49H,3,12-15,19-23H2,(H,41,46)/t25?,30-,38?/m0/s1. The number of aliphatic hydroxyl groups is 2. The first-order valence-corrected chi connectivity index (χ1v) is 20.3. The van der Waals surface area contributed by atoms with Crippen LogP contribution in [0, 0.1) is 5.41 Å². The number of esters is 1. The number of hydrogen-bond acceptors (Lipinski definition) is 12. The van der Waals surface area contributed by atoms with E-state index in [0.717, 1.165) is 61.1 Å². The smallest absolute Gasteiger partial charge is 0.349 e. The summed E-state index contributed by atoms with van der Waals surface area (Å²) in [5.41, 5.74) is 0.820. The lowest BCUT2D eigenvalue weighted by Gasteiger charge is -2.45. The van der Waals surface area contributed by atoms with E-state index in [1.54, 1.807) is 24.3 Å². The number of ether oxygens (including phenoxy) is 1. The quantitative estimate of drug-likeness (QED) is 0.0987. The molecule has 1 saturated heterocycles. The first kappa shape index (κ1) is 35.9. The number of thiophene rings is 2. The number of H-pyrrole nitrogens is 1. The molecule has 0 unspecified atom stereocenters. The Bertz CT molecular complexity index is 2330. The first-order valence-electron chi connectivity index (χ1n) is 17.7. The van der Waals surface area contributed by atoms with Crippen molar-refractivity contribution < 1.29 is 24.9 Å². The fraction of sp³-hybridized carbons (Fsp3) is 0.359. The maximum absolute atomic E-state index is 13.4. The van der Waals surface area contributed by atoms with Crippen LogP contribution in [-0.4, -0.2) is 68.0 Å². The largest absolute Gasteiger partial charge is 0.506 e. The summed E-state index contributed by atoms with van der Waals surface area (Å²) >= 11 is 3.93. The third-order valence-corrected chi connectivity index (χ3v) is 13.6. The van der Waals surface area contributed by atoms with Gasteiger partial charge in [-0.3, -0.25) is 14.2 Å². The van der Waals surface area contributed by atoms with Crippen LogP contribution in [0.4, 0.5) is 0 Å². The van der Waals surface area contributed by atoms with Crippen LogP contribution in [0.2, 0.25) is 0 Å². The highest BCUT2D eigenvalue weighted by atomic mass is 32.1. The lowest BCUT2D eigenvalue weighted by Crippen LogP contribution is -2.48. The summed E-state index contributed by atoms with van der Waals surface area (Å²) in [5, 5.41) is 40.2. The van der Waals surface area contributed by atoms with Crippen molar-refractivity contribution in [1.29, 1.82) is 0 Å². The molecule has 5 heterocycles. The number of aromatic hydroxyl groups is 1. The topological polar surface area (TPSA) is 157 Å². The maximum Gasteiger partial charge on any atom is 0.349 e. The van der Waals surface area contributed by atoms with E-state index in [-0.39, 0.29) is 34.2 Å². The number of aryl methyl sites for hydroxylation is 1. The molecular weight excluding hydrogens is 733 g/mol. The molecule has 53 heavy (non-hydrogen) atoms. The Hall–Kier alpha value is -4.15. The predicted molar refractivity (Wildman–Crippen MR) is 208 cm³/mol. The Labute approximate surface area is 316 Å². The van der Waals surface area contributed by atoms with Crippen LogP contribution in [-0.2, 0) is 28.2 Å². The minimum absolute atomic E-state index is 0.0179. The van der Waals surface area contributed by atoms with Crippen LogP contribution in [0.5, 0.6) is 5.75 Å². The number of fused-ring (bicyclic) bond motifs is 2. The van der Waals surface area contributed by atoms with Gasteiger partial charge in [0.05, 0.1) is 31.6 Å². The number of nitrogens with zero attached hydrogens (tertiary/aromatic N) is 2. The van der Waals surface area contributed by atoms with E-state index in [1.807, 2.05) is 45.7 Å². The van der Waals surface area contributed by atoms with Gasteiger partial charge in [0.2, 0.25) is 11.2 Å². The highest BCUT2D eigenvalue weighted by molar-refractivity contribution is 7.16. The van der Waals surface area contributed by atoms with Crippen LogP contribution < -0.4 is 15.7 Å². The van der Waals surface area contributed by atoms with Crippen molar-refractivity contribution in [3.63, 3.8) is 0 Å². The van der Waals surface area contributed by atoms with Crippen molar-refractivity contribution >= 4 is 61.1 Å². The van der Waals surface area contributed by atoms with Gasteiger partial charge in [-0.1, -0.05) is 35.6 Å². The van der Waals surface area contributed by atoms with E-state index in [4.69, 9.17) is 4.74 Å². The number of aliphatic hydroxyl groups excluding tert-OH is 1. The molecule has 14 heteroatoms. The van der Waals surface area contributed by atoms with Crippen LogP contribution in [0.25, 0.3) is 21.1 Å². The zero-order valence-corrected chi connectivity index (χ0v) is 31.3. The molecule has 1 aliphatic carbocycles. The number of likely N-dealkylation sites (tertiary alicyclic amines) is 1. The van der Waals surface area contributed by atoms with Crippen molar-refractivity contribution in [2.45, 2.75) is 56.6 Å². The van der Waals surface area contributed by atoms with E-state index in [0.29, 0.717) is 39.3 Å². The summed E-state index contributed by atoms with van der Waals surface area (Å²) in [5.74, 6) is -0.655. The normalized spacial score (nSPS) is 19.6. The number of thiazole rings is 1. The third kappa shape index (κ3) is 7.00. The number of hydrogen-bond donors (Lipinski definition) is 5. The van der Waals surface area contributed by atoms with Gasteiger partial charge in [0.1, 0.15) is 11.9 Å². The summed E-state index contributed by atoms with van der Waals surface area (Å²) in [4.78, 5) is 44.3. The highest BCUT2D eigenvalue weighted by Gasteiger charge is 2.52. The number of phenolic OH excluding ortho intramolecular Hbond substituents is 1. The van der Waals surface area contributed by atoms with E-state index < -0.39 is 17.7 Å². The van der Waals surface area contributed by atoms with Crippen LogP contribution in [0.1, 0.15) is 52.7 Å². The fourth-order valence-electron chi connectivity index (χ4n) is 7.97. The number of benzene rings is 2. The molecule has 8 rings (SSSR count). The number of nitrogens with one attached hydrogen (secondary N) is 2. The second kappa shape index (κ2) is 14.6. The average Bonchev–Trinajstić information content (AvgIpc) is 3.96. The van der Waals surface area contributed by atoms with Crippen LogP contribution in [0.15, 0.2) is 87.1 Å². The summed E-state index contributed by atoms with van der Waals surface area (Å²) in [7, 11) is 0. The number of carbonyl (C=O) groups is 1. The van der Waals surface area contributed by atoms with E-state index >= 15 is 0 Å². The van der Waals surface area contributed by atoms with Gasteiger partial charge in [0.25, 0.3) is 0 Å². The maximum atomic E-state index is 13.4. The predicted octanol–water partition coefficient (Wildman–Crippen LogP) is 5.28. The van der Waals surface area contributed by atoms with Crippen molar-refractivity contribution in [3.05, 3.63) is 118 Å². The van der Waals surface area contributed by atoms with Gasteiger partial charge in [-0.15, -0.1) is 22.7 Å². The zero-order valence-electron chi connectivity index (χ0n) is 28.8. The van der Waals surface area contributed by atoms with Crippen LogP contribution in [0.3, 0.4) is 0 Å². The molecule has 5 N–H and O–H groups in total. The highest BCUT2D eigenvalue weighted by Crippen LogP contribution is 2.50. The number of carbonyl (C=O) groups excluding carboxylic acids is 1. The zero-order chi connectivity index (χ0) is 36.7. The van der Waals surface area contributed by atoms with Crippen molar-refractivity contribution in [2.24, 2.45) is 5.41 Å². The molecule has 0 bridgehead atoms. The minimum atomic E-state index is -1.78. The van der Waals surface area contributed by atoms with E-state index in [9.17, 15) is 29.7 Å². The number of aromatic nitrogens is 2. The summed E-state index contributed by atoms with van der Waals surface area (Å²) in [6.07, 6.45) is 2.40. The molecule has 1 aliphatic heterocycles. The molecule has 2 aliphatic rings. The van der Waals surface area contributed by atoms with Gasteiger partial charge in [0.15, 0.2) is 0 Å². The summed E-state index contributed by atoms with van der Waals surface area (Å²) in [6.45, 7) is 4.17.